The number of carbonyl (C=O) groups excluding carboxylic acids is 2. The Hall–Kier alpha value is -1.68. The Bertz CT molecular complexity index is 535. The fourth-order valence-electron chi connectivity index (χ4n) is 2.66. The number of nitrogens with zero attached hydrogens (tertiary/aromatic N) is 1. The summed E-state index contributed by atoms with van der Waals surface area (Å²) in [6.07, 6.45) is 1.80. The Balaban J connectivity index is 1.97. The Morgan fingerprint density at radius 1 is 1.09 bits per heavy atom. The average molecular weight is 302 g/mol. The second-order valence-corrected chi connectivity index (χ2v) is 7.21. The zero-order chi connectivity index (χ0) is 16.3. The fraction of sp³-hybridized carbons (Fsp3) is 0.556. The lowest BCUT2D eigenvalue weighted by molar-refractivity contribution is -0.117. The summed E-state index contributed by atoms with van der Waals surface area (Å²) < 4.78 is 0. The molecule has 1 aliphatic heterocycles. The van der Waals surface area contributed by atoms with Crippen molar-refractivity contribution in [3.05, 3.63) is 35.4 Å². The van der Waals surface area contributed by atoms with Gasteiger partial charge in [-0.15, -0.1) is 0 Å². The minimum atomic E-state index is -0.488. The van der Waals surface area contributed by atoms with Gasteiger partial charge in [0.25, 0.3) is 5.91 Å². The number of piperidine rings is 1. The molecule has 0 atom stereocenters. The third-order valence-electron chi connectivity index (χ3n) is 4.27. The number of hydrogen-bond acceptors (Lipinski definition) is 3. The molecular weight excluding hydrogens is 276 g/mol. The number of carbonyl (C=O) groups is 2. The van der Waals surface area contributed by atoms with Crippen molar-refractivity contribution >= 4 is 11.7 Å². The van der Waals surface area contributed by atoms with Gasteiger partial charge in [0.15, 0.2) is 0 Å². The monoisotopic (exact) mass is 302 g/mol. The van der Waals surface area contributed by atoms with Crippen molar-refractivity contribution < 1.29 is 9.59 Å². The Kier molecular flexibility index (Phi) is 5.01. The van der Waals surface area contributed by atoms with E-state index in [1.807, 2.05) is 12.1 Å². The second kappa shape index (κ2) is 6.61. The first-order chi connectivity index (χ1) is 10.3. The molecule has 1 N–H and O–H groups in total. The molecule has 1 aromatic carbocycles. The quantitative estimate of drug-likeness (QED) is 0.689. The third-order valence-corrected chi connectivity index (χ3v) is 4.27. The SMILES string of the molecule is CN1CCC(NC(=O)C(=O)c2ccc(C(C)(C)C)cc2)CC1. The lowest BCUT2D eigenvalue weighted by atomic mass is 9.86. The molecule has 0 bridgehead atoms. The van der Waals surface area contributed by atoms with Gasteiger partial charge in [0.1, 0.15) is 0 Å². The highest BCUT2D eigenvalue weighted by Gasteiger charge is 2.23. The summed E-state index contributed by atoms with van der Waals surface area (Å²) in [6, 6.07) is 7.46. The normalized spacial score (nSPS) is 17.3. The third kappa shape index (κ3) is 4.17. The Morgan fingerprint density at radius 2 is 1.64 bits per heavy atom. The molecule has 22 heavy (non-hydrogen) atoms. The first kappa shape index (κ1) is 16.7. The minimum absolute atomic E-state index is 0.0396. The number of Topliss-reactive ketones (excluding diaryl/α,β-unsaturated/α-hetero) is 1. The molecule has 0 radical (unpaired) electrons. The van der Waals surface area contributed by atoms with Crippen LogP contribution in [0, 0.1) is 0 Å². The smallest absolute Gasteiger partial charge is 0.292 e. The van der Waals surface area contributed by atoms with E-state index in [0.717, 1.165) is 31.5 Å². The summed E-state index contributed by atoms with van der Waals surface area (Å²) in [7, 11) is 2.07. The van der Waals surface area contributed by atoms with Crippen LogP contribution in [0.3, 0.4) is 0 Å². The molecule has 0 saturated carbocycles. The molecule has 1 heterocycles. The number of benzene rings is 1. The maximum atomic E-state index is 12.2. The van der Waals surface area contributed by atoms with Gasteiger partial charge >= 0.3 is 0 Å². The second-order valence-electron chi connectivity index (χ2n) is 7.21. The molecule has 4 nitrogen and oxygen atoms in total. The average Bonchev–Trinajstić information content (AvgIpc) is 2.48. The lowest BCUT2D eigenvalue weighted by Gasteiger charge is -2.29. The van der Waals surface area contributed by atoms with E-state index in [0.29, 0.717) is 5.56 Å². The van der Waals surface area contributed by atoms with Crippen molar-refractivity contribution in [1.29, 1.82) is 0 Å². The van der Waals surface area contributed by atoms with Crippen LogP contribution in [-0.2, 0) is 10.2 Å². The van der Waals surface area contributed by atoms with E-state index in [4.69, 9.17) is 0 Å². The van der Waals surface area contributed by atoms with Gasteiger partial charge < -0.3 is 10.2 Å². The largest absolute Gasteiger partial charge is 0.346 e. The van der Waals surface area contributed by atoms with Crippen LogP contribution < -0.4 is 5.32 Å². The van der Waals surface area contributed by atoms with Gasteiger partial charge in [-0.25, -0.2) is 0 Å². The van der Waals surface area contributed by atoms with E-state index in [2.05, 4.69) is 38.0 Å². The molecular formula is C18H26N2O2. The van der Waals surface area contributed by atoms with Gasteiger partial charge in [0.2, 0.25) is 5.78 Å². The molecule has 0 aromatic heterocycles. The van der Waals surface area contributed by atoms with Crippen molar-refractivity contribution in [3.8, 4) is 0 Å². The number of ketones is 1. The van der Waals surface area contributed by atoms with Gasteiger partial charge in [0.05, 0.1) is 0 Å². The van der Waals surface area contributed by atoms with Crippen LogP contribution >= 0.6 is 0 Å². The number of amides is 1. The Morgan fingerprint density at radius 3 is 2.14 bits per heavy atom. The van der Waals surface area contributed by atoms with Crippen molar-refractivity contribution in [2.45, 2.75) is 45.1 Å². The maximum Gasteiger partial charge on any atom is 0.292 e. The van der Waals surface area contributed by atoms with Gasteiger partial charge in [0, 0.05) is 11.6 Å². The molecule has 1 aromatic rings. The molecule has 120 valence electrons. The summed E-state index contributed by atoms with van der Waals surface area (Å²) in [5, 5.41) is 2.87. The first-order valence-corrected chi connectivity index (χ1v) is 7.91. The highest BCUT2D eigenvalue weighted by atomic mass is 16.2. The minimum Gasteiger partial charge on any atom is -0.346 e. The molecule has 4 heteroatoms. The summed E-state index contributed by atoms with van der Waals surface area (Å²) >= 11 is 0. The van der Waals surface area contributed by atoms with Gasteiger partial charge in [-0.1, -0.05) is 45.0 Å². The summed E-state index contributed by atoms with van der Waals surface area (Å²) in [6.45, 7) is 8.28. The van der Waals surface area contributed by atoms with Crippen LogP contribution in [-0.4, -0.2) is 42.8 Å². The lowest BCUT2D eigenvalue weighted by Crippen LogP contribution is -2.45. The predicted molar refractivity (Wildman–Crippen MR) is 88.1 cm³/mol. The summed E-state index contributed by atoms with van der Waals surface area (Å²) in [4.78, 5) is 26.6. The van der Waals surface area contributed by atoms with Crippen LogP contribution in [0.2, 0.25) is 0 Å². The summed E-state index contributed by atoms with van der Waals surface area (Å²) in [5.41, 5.74) is 1.65. The zero-order valence-electron chi connectivity index (χ0n) is 14.0. The molecule has 1 aliphatic rings. The van der Waals surface area contributed by atoms with Crippen LogP contribution in [0.5, 0.6) is 0 Å². The van der Waals surface area contributed by atoms with E-state index >= 15 is 0 Å². The van der Waals surface area contributed by atoms with Gasteiger partial charge in [-0.2, -0.15) is 0 Å². The van der Waals surface area contributed by atoms with Crippen LogP contribution in [0.1, 0.15) is 49.5 Å². The van der Waals surface area contributed by atoms with Crippen LogP contribution in [0.15, 0.2) is 24.3 Å². The molecule has 2 rings (SSSR count). The highest BCUT2D eigenvalue weighted by Crippen LogP contribution is 2.22. The van der Waals surface area contributed by atoms with E-state index in [1.165, 1.54) is 0 Å². The fourth-order valence-corrected chi connectivity index (χ4v) is 2.66. The number of nitrogens with one attached hydrogen (secondary N) is 1. The van der Waals surface area contributed by atoms with Crippen LogP contribution in [0.25, 0.3) is 0 Å². The zero-order valence-corrected chi connectivity index (χ0v) is 14.0. The molecule has 0 unspecified atom stereocenters. The number of likely N-dealkylation sites (tertiary alicyclic amines) is 1. The maximum absolute atomic E-state index is 12.2. The van der Waals surface area contributed by atoms with Gasteiger partial charge in [-0.05, 0) is 44.0 Å². The van der Waals surface area contributed by atoms with E-state index < -0.39 is 11.7 Å². The van der Waals surface area contributed by atoms with Crippen LogP contribution in [0.4, 0.5) is 0 Å². The summed E-state index contributed by atoms with van der Waals surface area (Å²) in [5.74, 6) is -0.933. The standard InChI is InChI=1S/C18H26N2O2/c1-18(2,3)14-7-5-13(6-8-14)16(21)17(22)19-15-9-11-20(4)12-10-15/h5-8,15H,9-12H2,1-4H3,(H,19,22). The molecule has 0 spiro atoms. The first-order valence-electron chi connectivity index (χ1n) is 7.91. The van der Waals surface area contributed by atoms with Crippen molar-refractivity contribution in [2.75, 3.05) is 20.1 Å². The molecule has 1 amide bonds. The topological polar surface area (TPSA) is 49.4 Å². The number of hydrogen-bond donors (Lipinski definition) is 1. The Labute approximate surface area is 132 Å². The predicted octanol–water partition coefficient (Wildman–Crippen LogP) is 2.38. The van der Waals surface area contributed by atoms with Crippen molar-refractivity contribution in [1.82, 2.24) is 10.2 Å². The van der Waals surface area contributed by atoms with E-state index in [-0.39, 0.29) is 11.5 Å². The molecule has 1 fully saturated rings. The van der Waals surface area contributed by atoms with Gasteiger partial charge in [-0.3, -0.25) is 9.59 Å². The van der Waals surface area contributed by atoms with Crippen molar-refractivity contribution in [2.24, 2.45) is 0 Å². The van der Waals surface area contributed by atoms with Crippen molar-refractivity contribution in [3.63, 3.8) is 0 Å². The molecule has 1 saturated heterocycles. The molecule has 0 aliphatic carbocycles. The highest BCUT2D eigenvalue weighted by molar-refractivity contribution is 6.42. The van der Waals surface area contributed by atoms with E-state index in [9.17, 15) is 9.59 Å². The van der Waals surface area contributed by atoms with E-state index in [1.54, 1.807) is 12.1 Å². The number of rotatable bonds is 3.